The van der Waals surface area contributed by atoms with E-state index in [9.17, 15) is 4.79 Å². The normalized spacial score (nSPS) is 10.9. The lowest BCUT2D eigenvalue weighted by molar-refractivity contribution is 0.102. The molecule has 0 fully saturated rings. The lowest BCUT2D eigenvalue weighted by atomic mass is 9.97. The first-order valence-electron chi connectivity index (χ1n) is 12.0. The highest BCUT2D eigenvalue weighted by molar-refractivity contribution is 7.14. The molecule has 1 N–H and O–H groups in total. The molecule has 2 heterocycles. The summed E-state index contributed by atoms with van der Waals surface area (Å²) in [5, 5.41) is 6.40. The molecule has 0 spiro atoms. The van der Waals surface area contributed by atoms with E-state index in [0.29, 0.717) is 10.7 Å². The topological polar surface area (TPSA) is 54.9 Å². The quantitative estimate of drug-likeness (QED) is 0.261. The summed E-state index contributed by atoms with van der Waals surface area (Å²) in [5.41, 5.74) is 8.21. The first kappa shape index (κ1) is 22.8. The first-order valence-corrected chi connectivity index (χ1v) is 12.9. The third kappa shape index (κ3) is 4.53. The van der Waals surface area contributed by atoms with Gasteiger partial charge in [0.1, 0.15) is 0 Å². The molecular weight excluding hydrogens is 474 g/mol. The van der Waals surface area contributed by atoms with E-state index in [-0.39, 0.29) is 5.91 Å². The molecule has 0 saturated heterocycles. The van der Waals surface area contributed by atoms with Crippen LogP contribution in [0.1, 0.15) is 15.9 Å². The zero-order chi connectivity index (χ0) is 25.2. The van der Waals surface area contributed by atoms with Gasteiger partial charge in [-0.1, -0.05) is 103 Å². The van der Waals surface area contributed by atoms with Crippen LogP contribution in [0.15, 0.2) is 115 Å². The molecule has 6 rings (SSSR count). The van der Waals surface area contributed by atoms with Gasteiger partial charge in [0.15, 0.2) is 5.13 Å². The Bertz CT molecular complexity index is 1710. The van der Waals surface area contributed by atoms with Crippen LogP contribution in [0.3, 0.4) is 0 Å². The fraction of sp³-hybridized carbons (Fsp3) is 0.0312. The zero-order valence-corrected chi connectivity index (χ0v) is 21.0. The molecule has 5 heteroatoms. The molecule has 37 heavy (non-hydrogen) atoms. The van der Waals surface area contributed by atoms with E-state index in [1.165, 1.54) is 16.9 Å². The molecule has 0 saturated carbocycles. The van der Waals surface area contributed by atoms with Gasteiger partial charge in [-0.3, -0.25) is 10.1 Å². The number of pyridine rings is 1. The Balaban J connectivity index is 1.30. The fourth-order valence-electron chi connectivity index (χ4n) is 4.56. The molecule has 0 aliphatic carbocycles. The van der Waals surface area contributed by atoms with E-state index < -0.39 is 0 Å². The summed E-state index contributed by atoms with van der Waals surface area (Å²) in [6.07, 6.45) is 0. The molecule has 1 amide bonds. The Hall–Kier alpha value is -4.61. The van der Waals surface area contributed by atoms with Crippen LogP contribution in [0.25, 0.3) is 44.5 Å². The summed E-state index contributed by atoms with van der Waals surface area (Å²) >= 11 is 1.42. The number of para-hydroxylation sites is 1. The van der Waals surface area contributed by atoms with Crippen molar-refractivity contribution < 1.29 is 4.79 Å². The number of anilines is 1. The third-order valence-electron chi connectivity index (χ3n) is 6.42. The van der Waals surface area contributed by atoms with E-state index in [1.807, 2.05) is 85.1 Å². The highest BCUT2D eigenvalue weighted by Crippen LogP contribution is 2.32. The van der Waals surface area contributed by atoms with Crippen LogP contribution >= 0.6 is 11.3 Å². The molecule has 2 aromatic heterocycles. The molecule has 4 aromatic carbocycles. The number of rotatable bonds is 5. The van der Waals surface area contributed by atoms with Gasteiger partial charge in [0.25, 0.3) is 5.91 Å². The Morgan fingerprint density at radius 1 is 0.676 bits per heavy atom. The van der Waals surface area contributed by atoms with Crippen molar-refractivity contribution in [2.24, 2.45) is 0 Å². The molecule has 4 nitrogen and oxygen atoms in total. The summed E-state index contributed by atoms with van der Waals surface area (Å²) in [4.78, 5) is 23.2. The third-order valence-corrected chi connectivity index (χ3v) is 7.18. The number of carbonyl (C=O) groups is 1. The number of thiazole rings is 1. The van der Waals surface area contributed by atoms with Gasteiger partial charge in [0.2, 0.25) is 0 Å². The van der Waals surface area contributed by atoms with Crippen molar-refractivity contribution in [2.75, 3.05) is 5.32 Å². The second-order valence-electron chi connectivity index (χ2n) is 8.78. The number of benzene rings is 4. The standard InChI is InChI=1S/C32H23N3OS/c1-21-29(26-14-8-9-15-27(26)33-30(21)25-12-6-3-7-13-25)31(36)35-32-34-28(20-37-32)24-18-16-23(17-19-24)22-10-4-2-5-11-22/h2-20H,1H3,(H,34,35,36). The highest BCUT2D eigenvalue weighted by atomic mass is 32.1. The van der Waals surface area contributed by atoms with E-state index in [4.69, 9.17) is 9.97 Å². The van der Waals surface area contributed by atoms with Gasteiger partial charge in [0.05, 0.1) is 22.5 Å². The van der Waals surface area contributed by atoms with Gasteiger partial charge < -0.3 is 0 Å². The molecule has 0 aliphatic heterocycles. The van der Waals surface area contributed by atoms with E-state index in [0.717, 1.165) is 44.5 Å². The van der Waals surface area contributed by atoms with E-state index in [1.54, 1.807) is 0 Å². The van der Waals surface area contributed by atoms with Crippen LogP contribution in [-0.4, -0.2) is 15.9 Å². The number of hydrogen-bond donors (Lipinski definition) is 1. The summed E-state index contributed by atoms with van der Waals surface area (Å²) in [5.74, 6) is -0.186. The first-order chi connectivity index (χ1) is 18.2. The molecule has 0 radical (unpaired) electrons. The molecule has 0 unspecified atom stereocenters. The van der Waals surface area contributed by atoms with Crippen molar-refractivity contribution in [1.82, 2.24) is 9.97 Å². The molecule has 0 bridgehead atoms. The van der Waals surface area contributed by atoms with Gasteiger partial charge in [-0.15, -0.1) is 11.3 Å². The van der Waals surface area contributed by atoms with E-state index in [2.05, 4.69) is 41.7 Å². The maximum atomic E-state index is 13.6. The second-order valence-corrected chi connectivity index (χ2v) is 9.64. The number of amides is 1. The lowest BCUT2D eigenvalue weighted by Gasteiger charge is -2.14. The second kappa shape index (κ2) is 9.80. The number of carbonyl (C=O) groups excluding carboxylic acids is 1. The average Bonchev–Trinajstić information content (AvgIpc) is 3.42. The molecule has 6 aromatic rings. The van der Waals surface area contributed by atoms with E-state index >= 15 is 0 Å². The van der Waals surface area contributed by atoms with Gasteiger partial charge in [-0.05, 0) is 29.7 Å². The minimum absolute atomic E-state index is 0.186. The summed E-state index contributed by atoms with van der Waals surface area (Å²) < 4.78 is 0. The number of fused-ring (bicyclic) bond motifs is 1. The van der Waals surface area contributed by atoms with Crippen molar-refractivity contribution in [1.29, 1.82) is 0 Å². The van der Waals surface area contributed by atoms with Crippen molar-refractivity contribution in [3.05, 3.63) is 126 Å². The average molecular weight is 498 g/mol. The fourth-order valence-corrected chi connectivity index (χ4v) is 5.28. The van der Waals surface area contributed by atoms with Crippen molar-refractivity contribution in [3.8, 4) is 33.6 Å². The number of nitrogens with one attached hydrogen (secondary N) is 1. The van der Waals surface area contributed by atoms with Gasteiger partial charge >= 0.3 is 0 Å². The van der Waals surface area contributed by atoms with Crippen LogP contribution in [-0.2, 0) is 0 Å². The van der Waals surface area contributed by atoms with Gasteiger partial charge in [-0.2, -0.15) is 0 Å². The molecule has 178 valence electrons. The van der Waals surface area contributed by atoms with Crippen LogP contribution in [0.5, 0.6) is 0 Å². The smallest absolute Gasteiger partial charge is 0.258 e. The molecular formula is C32H23N3OS. The Labute approximate surface area is 219 Å². The summed E-state index contributed by atoms with van der Waals surface area (Å²) in [7, 11) is 0. The van der Waals surface area contributed by atoms with Crippen LogP contribution in [0.2, 0.25) is 0 Å². The van der Waals surface area contributed by atoms with Crippen molar-refractivity contribution in [3.63, 3.8) is 0 Å². The monoisotopic (exact) mass is 497 g/mol. The number of aromatic nitrogens is 2. The van der Waals surface area contributed by atoms with Crippen LogP contribution < -0.4 is 5.32 Å². The Morgan fingerprint density at radius 2 is 1.27 bits per heavy atom. The SMILES string of the molecule is Cc1c(-c2ccccc2)nc2ccccc2c1C(=O)Nc1nc(-c2ccc(-c3ccccc3)cc2)cs1. The Kier molecular flexibility index (Phi) is 6.05. The predicted molar refractivity (Wildman–Crippen MR) is 153 cm³/mol. The van der Waals surface area contributed by atoms with Crippen molar-refractivity contribution in [2.45, 2.75) is 6.92 Å². The number of nitrogens with zero attached hydrogens (tertiary/aromatic N) is 2. The summed E-state index contributed by atoms with van der Waals surface area (Å²) in [6, 6.07) is 36.3. The number of hydrogen-bond acceptors (Lipinski definition) is 4. The molecule has 0 atom stereocenters. The maximum Gasteiger partial charge on any atom is 0.258 e. The van der Waals surface area contributed by atoms with Gasteiger partial charge in [0, 0.05) is 21.9 Å². The largest absolute Gasteiger partial charge is 0.298 e. The minimum Gasteiger partial charge on any atom is -0.298 e. The molecule has 0 aliphatic rings. The predicted octanol–water partition coefficient (Wildman–Crippen LogP) is 8.25. The van der Waals surface area contributed by atoms with Gasteiger partial charge in [-0.25, -0.2) is 9.97 Å². The lowest BCUT2D eigenvalue weighted by Crippen LogP contribution is -2.15. The summed E-state index contributed by atoms with van der Waals surface area (Å²) in [6.45, 7) is 1.96. The Morgan fingerprint density at radius 3 is 2.00 bits per heavy atom. The van der Waals surface area contributed by atoms with Crippen LogP contribution in [0, 0.1) is 6.92 Å². The van der Waals surface area contributed by atoms with Crippen LogP contribution in [0.4, 0.5) is 5.13 Å². The zero-order valence-electron chi connectivity index (χ0n) is 20.2. The maximum absolute atomic E-state index is 13.6. The highest BCUT2D eigenvalue weighted by Gasteiger charge is 2.20. The minimum atomic E-state index is -0.186. The van der Waals surface area contributed by atoms with Crippen molar-refractivity contribution >= 4 is 33.3 Å².